The van der Waals surface area contributed by atoms with E-state index in [0.29, 0.717) is 5.92 Å². The summed E-state index contributed by atoms with van der Waals surface area (Å²) in [6, 6.07) is 8.57. The largest absolute Gasteiger partial charge is 0.370 e. The molecule has 0 radical (unpaired) electrons. The highest BCUT2D eigenvalue weighted by Crippen LogP contribution is 2.33. The van der Waals surface area contributed by atoms with Gasteiger partial charge < -0.3 is 19.2 Å². The minimum Gasteiger partial charge on any atom is -0.370 e. The number of ether oxygens (including phenoxy) is 1. The van der Waals surface area contributed by atoms with E-state index in [4.69, 9.17) is 4.74 Å². The van der Waals surface area contributed by atoms with Crippen LogP contribution in [-0.2, 0) is 17.8 Å². The van der Waals surface area contributed by atoms with Gasteiger partial charge >= 0.3 is 0 Å². The van der Waals surface area contributed by atoms with Crippen molar-refractivity contribution >= 4 is 0 Å². The Morgan fingerprint density at radius 1 is 1.19 bits per heavy atom. The van der Waals surface area contributed by atoms with Gasteiger partial charge in [-0.25, -0.2) is 9.97 Å². The summed E-state index contributed by atoms with van der Waals surface area (Å²) in [6.07, 6.45) is 10.6. The highest BCUT2D eigenvalue weighted by Gasteiger charge is 2.32. The molecule has 0 aliphatic carbocycles. The molecule has 3 aromatic rings. The molecule has 2 atom stereocenters. The molecule has 4 rings (SSSR count). The molecule has 1 saturated heterocycles. The van der Waals surface area contributed by atoms with Crippen LogP contribution in [0, 0.1) is 5.92 Å². The van der Waals surface area contributed by atoms with Crippen LogP contribution in [0.15, 0.2) is 55.4 Å². The van der Waals surface area contributed by atoms with Crippen molar-refractivity contribution in [3.8, 4) is 5.69 Å². The molecule has 1 aliphatic heterocycles. The number of benzene rings is 1. The van der Waals surface area contributed by atoms with E-state index in [0.717, 1.165) is 44.2 Å². The minimum absolute atomic E-state index is 0.0982. The first kappa shape index (κ1) is 17.0. The second kappa shape index (κ2) is 7.85. The Morgan fingerprint density at radius 2 is 2.08 bits per heavy atom. The van der Waals surface area contributed by atoms with Gasteiger partial charge in [0.15, 0.2) is 0 Å². The normalized spacial score (nSPS) is 19.9. The molecule has 6 heteroatoms. The Balaban J connectivity index is 1.32. The maximum absolute atomic E-state index is 5.98. The van der Waals surface area contributed by atoms with E-state index < -0.39 is 0 Å². The highest BCUT2D eigenvalue weighted by molar-refractivity contribution is 5.34. The van der Waals surface area contributed by atoms with Crippen LogP contribution >= 0.6 is 0 Å². The Labute approximate surface area is 153 Å². The fourth-order valence-corrected chi connectivity index (χ4v) is 3.57. The Kier molecular flexibility index (Phi) is 5.13. The van der Waals surface area contributed by atoms with Crippen molar-refractivity contribution in [2.75, 3.05) is 13.2 Å². The van der Waals surface area contributed by atoms with Gasteiger partial charge in [-0.05, 0) is 31.0 Å². The molecular weight excluding hydrogens is 326 g/mol. The smallest absolute Gasteiger partial charge is 0.138 e. The number of aromatic nitrogens is 4. The number of imidazole rings is 2. The van der Waals surface area contributed by atoms with Gasteiger partial charge in [0, 0.05) is 62.6 Å². The molecule has 136 valence electrons. The number of hydrogen-bond donors (Lipinski definition) is 1. The van der Waals surface area contributed by atoms with E-state index >= 15 is 0 Å². The summed E-state index contributed by atoms with van der Waals surface area (Å²) >= 11 is 0. The van der Waals surface area contributed by atoms with E-state index in [1.807, 2.05) is 29.5 Å². The lowest BCUT2D eigenvalue weighted by Gasteiger charge is -2.19. The minimum atomic E-state index is 0.0982. The molecule has 0 bridgehead atoms. The molecule has 0 saturated carbocycles. The maximum Gasteiger partial charge on any atom is 0.138 e. The van der Waals surface area contributed by atoms with Gasteiger partial charge in [0.25, 0.3) is 0 Å². The number of nitrogens with zero attached hydrogens (tertiary/aromatic N) is 4. The molecule has 3 heterocycles. The summed E-state index contributed by atoms with van der Waals surface area (Å²) in [7, 11) is 0. The molecule has 1 fully saturated rings. The summed E-state index contributed by atoms with van der Waals surface area (Å²) in [5.41, 5.74) is 2.40. The molecule has 0 spiro atoms. The van der Waals surface area contributed by atoms with Crippen LogP contribution in [0.25, 0.3) is 5.69 Å². The first-order valence-electron chi connectivity index (χ1n) is 9.25. The zero-order chi connectivity index (χ0) is 17.8. The van der Waals surface area contributed by atoms with Crippen LogP contribution in [0.3, 0.4) is 0 Å². The summed E-state index contributed by atoms with van der Waals surface area (Å²) in [5.74, 6) is 1.52. The standard InChI is InChI=1S/C20H25N5O/c1-2-24-11-9-23-20(24)19-17(7-12-26-19)14-22-13-16-3-5-18(6-4-16)25-10-8-21-15-25/h3-6,8-11,15,17,19,22H,2,7,12-14H2,1H3/t17-,19+/m0/s1. The van der Waals surface area contributed by atoms with Crippen molar-refractivity contribution in [2.24, 2.45) is 5.92 Å². The van der Waals surface area contributed by atoms with Gasteiger partial charge in [-0.3, -0.25) is 0 Å². The average molecular weight is 351 g/mol. The number of nitrogens with one attached hydrogen (secondary N) is 1. The third-order valence-corrected chi connectivity index (χ3v) is 5.03. The van der Waals surface area contributed by atoms with Crippen LogP contribution in [-0.4, -0.2) is 32.3 Å². The Hall–Kier alpha value is -2.44. The van der Waals surface area contributed by atoms with E-state index in [1.165, 1.54) is 5.56 Å². The van der Waals surface area contributed by atoms with E-state index in [1.54, 1.807) is 6.20 Å². The van der Waals surface area contributed by atoms with Gasteiger partial charge in [-0.1, -0.05) is 12.1 Å². The third kappa shape index (κ3) is 3.57. The highest BCUT2D eigenvalue weighted by atomic mass is 16.5. The lowest BCUT2D eigenvalue weighted by atomic mass is 10.0. The first-order chi connectivity index (χ1) is 12.8. The average Bonchev–Trinajstić information content (AvgIpc) is 3.43. The molecule has 0 unspecified atom stereocenters. The van der Waals surface area contributed by atoms with Gasteiger partial charge in [-0.15, -0.1) is 0 Å². The van der Waals surface area contributed by atoms with Crippen LogP contribution in [0.5, 0.6) is 0 Å². The van der Waals surface area contributed by atoms with Gasteiger partial charge in [0.05, 0.1) is 6.33 Å². The van der Waals surface area contributed by atoms with Gasteiger partial charge in [0.2, 0.25) is 0 Å². The topological polar surface area (TPSA) is 56.9 Å². The number of rotatable bonds is 7. The van der Waals surface area contributed by atoms with Crippen molar-refractivity contribution in [1.82, 2.24) is 24.4 Å². The molecule has 0 amide bonds. The fourth-order valence-electron chi connectivity index (χ4n) is 3.57. The van der Waals surface area contributed by atoms with Crippen molar-refractivity contribution in [2.45, 2.75) is 32.5 Å². The predicted octanol–water partition coefficient (Wildman–Crippen LogP) is 2.96. The number of aryl methyl sites for hydroxylation is 1. The van der Waals surface area contributed by atoms with Gasteiger partial charge in [-0.2, -0.15) is 0 Å². The van der Waals surface area contributed by atoms with E-state index in [9.17, 15) is 0 Å². The summed E-state index contributed by atoms with van der Waals surface area (Å²) in [5, 5.41) is 3.59. The summed E-state index contributed by atoms with van der Waals surface area (Å²) in [6.45, 7) is 5.67. The SMILES string of the molecule is CCn1ccnc1[C@@H]1OCC[C@H]1CNCc1ccc(-n2ccnc2)cc1. The molecule has 6 nitrogen and oxygen atoms in total. The molecule has 26 heavy (non-hydrogen) atoms. The quantitative estimate of drug-likeness (QED) is 0.711. The van der Waals surface area contributed by atoms with Crippen LogP contribution in [0.4, 0.5) is 0 Å². The Bertz CT molecular complexity index is 809. The number of hydrogen-bond acceptors (Lipinski definition) is 4. The van der Waals surface area contributed by atoms with Crippen molar-refractivity contribution < 1.29 is 4.74 Å². The lowest BCUT2D eigenvalue weighted by molar-refractivity contribution is 0.0804. The van der Waals surface area contributed by atoms with Gasteiger partial charge in [0.1, 0.15) is 11.9 Å². The summed E-state index contributed by atoms with van der Waals surface area (Å²) in [4.78, 5) is 8.61. The molecular formula is C20H25N5O. The summed E-state index contributed by atoms with van der Waals surface area (Å²) < 4.78 is 10.2. The zero-order valence-electron chi connectivity index (χ0n) is 15.1. The van der Waals surface area contributed by atoms with Crippen molar-refractivity contribution in [1.29, 1.82) is 0 Å². The fraction of sp³-hybridized carbons (Fsp3) is 0.400. The zero-order valence-corrected chi connectivity index (χ0v) is 15.1. The molecule has 1 aliphatic rings. The van der Waals surface area contributed by atoms with Crippen molar-refractivity contribution in [3.05, 3.63) is 66.8 Å². The van der Waals surface area contributed by atoms with Crippen LogP contribution in [0.2, 0.25) is 0 Å². The second-order valence-electron chi connectivity index (χ2n) is 6.68. The predicted molar refractivity (Wildman–Crippen MR) is 100.0 cm³/mol. The first-order valence-corrected chi connectivity index (χ1v) is 9.25. The molecule has 2 aromatic heterocycles. The van der Waals surface area contributed by atoms with Crippen molar-refractivity contribution in [3.63, 3.8) is 0 Å². The van der Waals surface area contributed by atoms with Crippen LogP contribution in [0.1, 0.15) is 30.8 Å². The van der Waals surface area contributed by atoms with E-state index in [-0.39, 0.29) is 6.10 Å². The van der Waals surface area contributed by atoms with Crippen LogP contribution < -0.4 is 5.32 Å². The van der Waals surface area contributed by atoms with E-state index in [2.05, 4.69) is 51.0 Å². The maximum atomic E-state index is 5.98. The third-order valence-electron chi connectivity index (χ3n) is 5.03. The lowest BCUT2D eigenvalue weighted by Crippen LogP contribution is -2.26. The Morgan fingerprint density at radius 3 is 2.85 bits per heavy atom. The molecule has 1 aromatic carbocycles. The second-order valence-corrected chi connectivity index (χ2v) is 6.68. The monoisotopic (exact) mass is 351 g/mol. The molecule has 1 N–H and O–H groups in total.